The highest BCUT2D eigenvalue weighted by Crippen LogP contribution is 2.19. The standard InChI is InChI=1S/C9H8ClN3/c10-7-3-1-2-4-8(7)13-5-9(11)12-6-13/h1-6H,11H2. The molecule has 0 amide bonds. The highest BCUT2D eigenvalue weighted by Gasteiger charge is 2.01. The smallest absolute Gasteiger partial charge is 0.141 e. The number of imidazole rings is 1. The first kappa shape index (κ1) is 8.13. The number of nitrogen functional groups attached to an aromatic ring is 1. The van der Waals surface area contributed by atoms with E-state index in [-0.39, 0.29) is 0 Å². The molecule has 3 nitrogen and oxygen atoms in total. The molecule has 0 aliphatic rings. The predicted molar refractivity (Wildman–Crippen MR) is 53.0 cm³/mol. The number of nitrogens with two attached hydrogens (primary N) is 1. The third-order valence-corrected chi connectivity index (χ3v) is 2.05. The second-order valence-electron chi connectivity index (χ2n) is 2.66. The minimum atomic E-state index is 0.486. The van der Waals surface area contributed by atoms with Crippen molar-refractivity contribution < 1.29 is 0 Å². The molecular formula is C9H8ClN3. The van der Waals surface area contributed by atoms with Gasteiger partial charge in [-0.25, -0.2) is 4.98 Å². The average molecular weight is 194 g/mol. The van der Waals surface area contributed by atoms with Crippen molar-refractivity contribution in [3.05, 3.63) is 41.8 Å². The van der Waals surface area contributed by atoms with Gasteiger partial charge < -0.3 is 10.3 Å². The molecule has 0 aliphatic carbocycles. The second kappa shape index (κ2) is 3.11. The molecule has 0 unspecified atom stereocenters. The summed E-state index contributed by atoms with van der Waals surface area (Å²) in [6.07, 6.45) is 3.36. The Kier molecular flexibility index (Phi) is 1.94. The largest absolute Gasteiger partial charge is 0.382 e. The average Bonchev–Trinajstić information content (AvgIpc) is 2.53. The van der Waals surface area contributed by atoms with E-state index in [4.69, 9.17) is 17.3 Å². The molecular weight excluding hydrogens is 186 g/mol. The van der Waals surface area contributed by atoms with E-state index in [2.05, 4.69) is 4.98 Å². The second-order valence-corrected chi connectivity index (χ2v) is 3.06. The van der Waals surface area contributed by atoms with Gasteiger partial charge in [0, 0.05) is 0 Å². The first-order valence-electron chi connectivity index (χ1n) is 3.82. The molecule has 0 radical (unpaired) electrons. The van der Waals surface area contributed by atoms with Crippen molar-refractivity contribution in [2.45, 2.75) is 0 Å². The van der Waals surface area contributed by atoms with Crippen LogP contribution in [0.5, 0.6) is 0 Å². The molecule has 2 N–H and O–H groups in total. The topological polar surface area (TPSA) is 43.8 Å². The molecule has 13 heavy (non-hydrogen) atoms. The molecule has 2 rings (SSSR count). The number of nitrogens with zero attached hydrogens (tertiary/aromatic N) is 2. The van der Waals surface area contributed by atoms with Crippen molar-refractivity contribution in [1.82, 2.24) is 9.55 Å². The van der Waals surface area contributed by atoms with Gasteiger partial charge in [-0.1, -0.05) is 23.7 Å². The van der Waals surface area contributed by atoms with Crippen LogP contribution in [-0.4, -0.2) is 9.55 Å². The van der Waals surface area contributed by atoms with Crippen LogP contribution in [-0.2, 0) is 0 Å². The van der Waals surface area contributed by atoms with Crippen LogP contribution in [0, 0.1) is 0 Å². The van der Waals surface area contributed by atoms with Gasteiger partial charge >= 0.3 is 0 Å². The molecule has 0 spiro atoms. The monoisotopic (exact) mass is 193 g/mol. The summed E-state index contributed by atoms with van der Waals surface area (Å²) in [5, 5.41) is 0.680. The molecule has 0 bridgehead atoms. The number of halogens is 1. The zero-order chi connectivity index (χ0) is 9.26. The van der Waals surface area contributed by atoms with E-state index in [0.717, 1.165) is 5.69 Å². The van der Waals surface area contributed by atoms with Gasteiger partial charge in [-0.15, -0.1) is 0 Å². The Labute approximate surface area is 80.8 Å². The van der Waals surface area contributed by atoms with E-state index >= 15 is 0 Å². The van der Waals surface area contributed by atoms with E-state index in [1.165, 1.54) is 0 Å². The summed E-state index contributed by atoms with van der Waals surface area (Å²) in [6.45, 7) is 0. The SMILES string of the molecule is Nc1cn(-c2ccccc2Cl)cn1. The third-order valence-electron chi connectivity index (χ3n) is 1.73. The van der Waals surface area contributed by atoms with Crippen molar-refractivity contribution in [3.8, 4) is 5.69 Å². The van der Waals surface area contributed by atoms with Crippen LogP contribution in [0.25, 0.3) is 5.69 Å². The summed E-state index contributed by atoms with van der Waals surface area (Å²) in [5.74, 6) is 0.486. The number of hydrogen-bond donors (Lipinski definition) is 1. The number of para-hydroxylation sites is 1. The Balaban J connectivity index is 2.52. The Morgan fingerprint density at radius 3 is 2.69 bits per heavy atom. The van der Waals surface area contributed by atoms with Crippen LogP contribution in [0.1, 0.15) is 0 Å². The molecule has 0 saturated carbocycles. The van der Waals surface area contributed by atoms with Gasteiger partial charge in [0.15, 0.2) is 0 Å². The molecule has 0 atom stereocenters. The molecule has 2 aromatic rings. The minimum Gasteiger partial charge on any atom is -0.382 e. The molecule has 66 valence electrons. The van der Waals surface area contributed by atoms with Crippen molar-refractivity contribution >= 4 is 17.4 Å². The lowest BCUT2D eigenvalue weighted by Crippen LogP contribution is -1.90. The lowest BCUT2D eigenvalue weighted by Gasteiger charge is -2.02. The van der Waals surface area contributed by atoms with Crippen molar-refractivity contribution in [3.63, 3.8) is 0 Å². The number of aromatic nitrogens is 2. The van der Waals surface area contributed by atoms with Crippen LogP contribution in [0.3, 0.4) is 0 Å². The predicted octanol–water partition coefficient (Wildman–Crippen LogP) is 2.11. The lowest BCUT2D eigenvalue weighted by atomic mass is 10.3. The van der Waals surface area contributed by atoms with Crippen LogP contribution in [0.4, 0.5) is 5.82 Å². The van der Waals surface area contributed by atoms with Gasteiger partial charge in [0.1, 0.15) is 12.1 Å². The molecule has 1 aromatic carbocycles. The number of benzene rings is 1. The first-order chi connectivity index (χ1) is 6.27. The Hall–Kier alpha value is -1.48. The van der Waals surface area contributed by atoms with Crippen LogP contribution in [0.2, 0.25) is 5.02 Å². The maximum atomic E-state index is 5.98. The summed E-state index contributed by atoms with van der Waals surface area (Å²) in [6, 6.07) is 7.53. The van der Waals surface area contributed by atoms with Gasteiger partial charge in [-0.3, -0.25) is 0 Å². The summed E-state index contributed by atoms with van der Waals surface area (Å²) < 4.78 is 1.79. The number of anilines is 1. The van der Waals surface area contributed by atoms with Crippen molar-refractivity contribution in [2.75, 3.05) is 5.73 Å². The highest BCUT2D eigenvalue weighted by atomic mass is 35.5. The molecule has 1 aromatic heterocycles. The van der Waals surface area contributed by atoms with Gasteiger partial charge in [0.05, 0.1) is 16.9 Å². The minimum absolute atomic E-state index is 0.486. The number of hydrogen-bond acceptors (Lipinski definition) is 2. The molecule has 0 saturated heterocycles. The lowest BCUT2D eigenvalue weighted by molar-refractivity contribution is 1.06. The Morgan fingerprint density at radius 1 is 1.31 bits per heavy atom. The molecule has 1 heterocycles. The quantitative estimate of drug-likeness (QED) is 0.754. The third kappa shape index (κ3) is 1.51. The molecule has 0 fully saturated rings. The van der Waals surface area contributed by atoms with E-state index in [1.54, 1.807) is 17.1 Å². The molecule has 0 aliphatic heterocycles. The zero-order valence-electron chi connectivity index (χ0n) is 6.81. The van der Waals surface area contributed by atoms with Crippen molar-refractivity contribution in [2.24, 2.45) is 0 Å². The summed E-state index contributed by atoms with van der Waals surface area (Å²) >= 11 is 5.98. The first-order valence-corrected chi connectivity index (χ1v) is 4.19. The summed E-state index contributed by atoms with van der Waals surface area (Å²) in [7, 11) is 0. The maximum absolute atomic E-state index is 5.98. The normalized spacial score (nSPS) is 10.2. The number of rotatable bonds is 1. The summed E-state index contributed by atoms with van der Waals surface area (Å²) in [5.41, 5.74) is 6.37. The highest BCUT2D eigenvalue weighted by molar-refractivity contribution is 6.32. The summed E-state index contributed by atoms with van der Waals surface area (Å²) in [4.78, 5) is 3.92. The Bertz CT molecular complexity index is 422. The fourth-order valence-corrected chi connectivity index (χ4v) is 1.36. The van der Waals surface area contributed by atoms with Gasteiger partial charge in [0.2, 0.25) is 0 Å². The zero-order valence-corrected chi connectivity index (χ0v) is 7.57. The van der Waals surface area contributed by atoms with E-state index in [9.17, 15) is 0 Å². The Morgan fingerprint density at radius 2 is 2.08 bits per heavy atom. The van der Waals surface area contributed by atoms with Gasteiger partial charge in [0.25, 0.3) is 0 Å². The van der Waals surface area contributed by atoms with E-state index in [1.807, 2.05) is 24.3 Å². The fraction of sp³-hybridized carbons (Fsp3) is 0. The van der Waals surface area contributed by atoms with Gasteiger partial charge in [-0.05, 0) is 12.1 Å². The van der Waals surface area contributed by atoms with Gasteiger partial charge in [-0.2, -0.15) is 0 Å². The van der Waals surface area contributed by atoms with Crippen LogP contribution in [0.15, 0.2) is 36.8 Å². The fourth-order valence-electron chi connectivity index (χ4n) is 1.13. The molecule has 4 heteroatoms. The van der Waals surface area contributed by atoms with Crippen molar-refractivity contribution in [1.29, 1.82) is 0 Å². The van der Waals surface area contributed by atoms with E-state index in [0.29, 0.717) is 10.8 Å². The van der Waals surface area contributed by atoms with Crippen LogP contribution < -0.4 is 5.73 Å². The maximum Gasteiger partial charge on any atom is 0.141 e. The van der Waals surface area contributed by atoms with E-state index < -0.39 is 0 Å². The van der Waals surface area contributed by atoms with Crippen LogP contribution >= 0.6 is 11.6 Å².